The zero-order valence-corrected chi connectivity index (χ0v) is 15.0. The summed E-state index contributed by atoms with van der Waals surface area (Å²) in [7, 11) is -1.22. The third kappa shape index (κ3) is 14.3. The first-order valence-corrected chi connectivity index (χ1v) is 10.5. The van der Waals surface area contributed by atoms with Gasteiger partial charge in [0.25, 0.3) is 0 Å². The van der Waals surface area contributed by atoms with Crippen LogP contribution in [0.15, 0.2) is 30.3 Å². The van der Waals surface area contributed by atoms with Crippen molar-refractivity contribution in [2.24, 2.45) is 0 Å². The summed E-state index contributed by atoms with van der Waals surface area (Å²) in [5, 5.41) is 0. The predicted octanol–water partition coefficient (Wildman–Crippen LogP) is 2.96. The summed E-state index contributed by atoms with van der Waals surface area (Å²) in [6.45, 7) is 10.9. The van der Waals surface area contributed by atoms with Crippen LogP contribution in [0.2, 0.25) is 26.2 Å². The van der Waals surface area contributed by atoms with E-state index in [2.05, 4.69) is 45.2 Å². The minimum Gasteiger partial charge on any atom is -0.461 e. The number of hydrogen-bond donors (Lipinski definition) is 0. The van der Waals surface area contributed by atoms with Gasteiger partial charge in [-0.05, 0) is 26.6 Å². The maximum Gasteiger partial charge on any atom is 0.169 e. The zero-order valence-electron chi connectivity index (χ0n) is 10.3. The second-order valence-corrected chi connectivity index (χ2v) is 10.2. The van der Waals surface area contributed by atoms with Gasteiger partial charge in [-0.1, -0.05) is 42.4 Å². The van der Waals surface area contributed by atoms with Crippen LogP contribution in [0.25, 0.3) is 0 Å². The van der Waals surface area contributed by atoms with Crippen molar-refractivity contribution in [2.45, 2.75) is 33.1 Å². The van der Waals surface area contributed by atoms with Gasteiger partial charge >= 0.3 is 0 Å². The molecule has 0 fully saturated rings. The molecule has 1 rings (SSSR count). The van der Waals surface area contributed by atoms with Crippen LogP contribution in [-0.4, -0.2) is 18.1 Å². The van der Waals surface area contributed by atoms with Crippen molar-refractivity contribution in [2.75, 3.05) is 0 Å². The summed E-state index contributed by atoms with van der Waals surface area (Å²) in [6.07, 6.45) is 0. The number of hydrogen-bond acceptors (Lipinski definition) is 1. The van der Waals surface area contributed by atoms with Gasteiger partial charge in [0.15, 0.2) is 8.32 Å². The van der Waals surface area contributed by atoms with Crippen LogP contribution in [-0.2, 0) is 25.2 Å². The van der Waals surface area contributed by atoms with Crippen molar-refractivity contribution in [1.82, 2.24) is 0 Å². The Morgan fingerprint density at radius 1 is 1.07 bits per heavy atom. The fourth-order valence-corrected chi connectivity index (χ4v) is 4.43. The number of rotatable bonds is 2. The van der Waals surface area contributed by atoms with E-state index < -0.39 is 8.32 Å². The third-order valence-corrected chi connectivity index (χ3v) is 6.14. The normalized spacial score (nSPS) is 10.5. The van der Waals surface area contributed by atoms with Crippen molar-refractivity contribution in [3.05, 3.63) is 35.9 Å². The van der Waals surface area contributed by atoms with Crippen LogP contribution in [0.5, 0.6) is 0 Å². The quantitative estimate of drug-likeness (QED) is 0.668. The van der Waals surface area contributed by atoms with E-state index in [0.29, 0.717) is 0 Å². The molecule has 0 spiro atoms. The molecule has 0 N–H and O–H groups in total. The van der Waals surface area contributed by atoms with Crippen LogP contribution in [0.4, 0.5) is 0 Å². The summed E-state index contributed by atoms with van der Waals surface area (Å²) in [4.78, 5) is 0. The van der Waals surface area contributed by atoms with Crippen molar-refractivity contribution < 1.29 is 25.2 Å². The smallest absolute Gasteiger partial charge is 0.169 e. The van der Waals surface area contributed by atoms with Gasteiger partial charge in [-0.2, -0.15) is 0 Å². The first-order valence-electron chi connectivity index (χ1n) is 5.11. The molecule has 0 bridgehead atoms. The average molecular weight is 422 g/mol. The van der Waals surface area contributed by atoms with E-state index in [1.54, 1.807) is 0 Å². The topological polar surface area (TPSA) is 9.23 Å². The average Bonchev–Trinajstić information content (AvgIpc) is 2.04. The zero-order chi connectivity index (χ0) is 11.0. The Morgan fingerprint density at radius 2 is 1.53 bits per heavy atom. The van der Waals surface area contributed by atoms with Gasteiger partial charge < -0.3 is 4.12 Å². The summed E-state index contributed by atoms with van der Waals surface area (Å²) in [6, 6.07) is 10.3. The molecule has 4 heteroatoms. The molecule has 1 aromatic carbocycles. The van der Waals surface area contributed by atoms with Crippen LogP contribution in [0.1, 0.15) is 5.56 Å². The summed E-state index contributed by atoms with van der Waals surface area (Å²) in [5.41, 5.74) is 1.32. The van der Waals surface area contributed by atoms with Gasteiger partial charge in [-0.15, -0.1) is 0 Å². The van der Waals surface area contributed by atoms with E-state index in [4.69, 9.17) is 4.12 Å². The largest absolute Gasteiger partial charge is 0.461 e. The number of aryl methyl sites for hydroxylation is 1. The molecule has 0 saturated heterocycles. The molecule has 0 aliphatic rings. The first-order chi connectivity index (χ1) is 6.45. The van der Waals surface area contributed by atoms with Crippen LogP contribution in [0, 0.1) is 6.92 Å². The Balaban J connectivity index is 0. The van der Waals surface area contributed by atoms with Gasteiger partial charge in [0, 0.05) is 21.1 Å². The molecule has 0 aliphatic heterocycles. The fourth-order valence-electron chi connectivity index (χ4n) is 0.967. The molecular formula is C11H22OPtSi2. The standard InChI is InChI=1S/C7H8.C4H14OSi2.Pt/c1-7-5-3-2-4-6-7;1-6-5-7(2,3)4;/h2-6H,1H3;6H2,1-4H3;. The second kappa shape index (κ2) is 9.52. The van der Waals surface area contributed by atoms with Crippen molar-refractivity contribution in [1.29, 1.82) is 0 Å². The third-order valence-electron chi connectivity index (χ3n) is 1.52. The molecule has 0 aliphatic carbocycles. The Kier molecular flexibility index (Phi) is 11.2. The molecule has 0 radical (unpaired) electrons. The number of benzene rings is 1. The molecule has 0 atom stereocenters. The van der Waals surface area contributed by atoms with E-state index in [1.807, 2.05) is 18.2 Å². The Morgan fingerprint density at radius 3 is 1.67 bits per heavy atom. The molecule has 0 aromatic heterocycles. The summed E-state index contributed by atoms with van der Waals surface area (Å²) < 4.78 is 5.51. The molecule has 15 heavy (non-hydrogen) atoms. The maximum absolute atomic E-state index is 5.51. The SMILES string of the molecule is C[SiH2]O[Si](C)(C)C.Cc1ccccc1.[Pt]. The monoisotopic (exact) mass is 421 g/mol. The minimum absolute atomic E-state index is 0. The van der Waals surface area contributed by atoms with Crippen LogP contribution >= 0.6 is 0 Å². The molecule has 0 unspecified atom stereocenters. The van der Waals surface area contributed by atoms with E-state index in [-0.39, 0.29) is 30.8 Å². The van der Waals surface area contributed by atoms with E-state index in [1.165, 1.54) is 5.56 Å². The van der Waals surface area contributed by atoms with Crippen molar-refractivity contribution in [3.63, 3.8) is 0 Å². The van der Waals surface area contributed by atoms with Crippen LogP contribution < -0.4 is 0 Å². The Hall–Kier alpha value is 0.302. The molecule has 0 saturated carbocycles. The minimum atomic E-state index is -1.10. The second-order valence-electron chi connectivity index (χ2n) is 4.20. The molecule has 0 heterocycles. The molecule has 1 aromatic rings. The van der Waals surface area contributed by atoms with Gasteiger partial charge in [0.05, 0.1) is 0 Å². The maximum atomic E-state index is 5.51. The molecular weight excluding hydrogens is 399 g/mol. The van der Waals surface area contributed by atoms with Gasteiger partial charge in [-0.25, -0.2) is 0 Å². The Bertz CT molecular complexity index is 234. The van der Waals surface area contributed by atoms with Gasteiger partial charge in [0.1, 0.15) is 9.76 Å². The van der Waals surface area contributed by atoms with Crippen molar-refractivity contribution in [3.8, 4) is 0 Å². The van der Waals surface area contributed by atoms with E-state index in [0.717, 1.165) is 0 Å². The summed E-state index contributed by atoms with van der Waals surface area (Å²) >= 11 is 0. The fraction of sp³-hybridized carbons (Fsp3) is 0.455. The molecule has 0 amide bonds. The molecule has 90 valence electrons. The van der Waals surface area contributed by atoms with Gasteiger partial charge in [0.2, 0.25) is 0 Å². The molecule has 1 nitrogen and oxygen atoms in total. The van der Waals surface area contributed by atoms with Gasteiger partial charge in [-0.3, -0.25) is 0 Å². The first kappa shape index (κ1) is 17.7. The van der Waals surface area contributed by atoms with E-state index >= 15 is 0 Å². The van der Waals surface area contributed by atoms with Crippen molar-refractivity contribution >= 4 is 18.1 Å². The predicted molar refractivity (Wildman–Crippen MR) is 70.0 cm³/mol. The Labute approximate surface area is 112 Å². The van der Waals surface area contributed by atoms with Crippen LogP contribution in [0.3, 0.4) is 0 Å². The summed E-state index contributed by atoms with van der Waals surface area (Å²) in [5.74, 6) is 0. The van der Waals surface area contributed by atoms with E-state index in [9.17, 15) is 0 Å².